The molecule has 0 amide bonds. The van der Waals surface area contributed by atoms with E-state index >= 15 is 0 Å². The summed E-state index contributed by atoms with van der Waals surface area (Å²) < 4.78 is 22.3. The summed E-state index contributed by atoms with van der Waals surface area (Å²) in [6.07, 6.45) is 1.23. The van der Waals surface area contributed by atoms with Crippen molar-refractivity contribution < 1.29 is 23.5 Å². The molecule has 1 aliphatic heterocycles. The average Bonchev–Trinajstić information content (AvgIpc) is 3.31. The smallest absolute Gasteiger partial charge is 0.326 e. The Hall–Kier alpha value is -3.62. The summed E-state index contributed by atoms with van der Waals surface area (Å²) in [7, 11) is 0. The Bertz CT molecular complexity index is 1090. The van der Waals surface area contributed by atoms with Crippen LogP contribution in [0.2, 0.25) is 0 Å². The summed E-state index contributed by atoms with van der Waals surface area (Å²) in [4.78, 5) is 28.2. The highest BCUT2D eigenvalue weighted by molar-refractivity contribution is 5.69. The van der Waals surface area contributed by atoms with Crippen LogP contribution in [0.1, 0.15) is 13.8 Å². The summed E-state index contributed by atoms with van der Waals surface area (Å²) >= 11 is 0. The molecule has 0 atom stereocenters. The van der Waals surface area contributed by atoms with Crippen LogP contribution in [0.4, 0.5) is 0 Å². The summed E-state index contributed by atoms with van der Waals surface area (Å²) in [5.41, 5.74) is 0.879. The minimum Gasteiger partial charge on any atom is -0.462 e. The van der Waals surface area contributed by atoms with Crippen LogP contribution in [-0.2, 0) is 16.1 Å². The summed E-state index contributed by atoms with van der Waals surface area (Å²) in [6, 6.07) is 8.23. The van der Waals surface area contributed by atoms with E-state index in [-0.39, 0.29) is 30.9 Å². The molecule has 0 unspecified atom stereocenters. The maximum Gasteiger partial charge on any atom is 0.326 e. The van der Waals surface area contributed by atoms with Crippen molar-refractivity contribution in [1.29, 1.82) is 0 Å². The second-order valence-corrected chi connectivity index (χ2v) is 6.41. The standard InChI is InChI=1S/C19H17N3O6/c1-11(2)27-17(24)9-22-8-13(4-6-16(22)23)19-20-18(21-28-19)12-3-5-14-15(7-12)26-10-25-14/h3-8,11H,9-10H2,1-2H3. The lowest BCUT2D eigenvalue weighted by molar-refractivity contribution is -0.148. The lowest BCUT2D eigenvalue weighted by Crippen LogP contribution is -2.25. The number of hydrogen-bond acceptors (Lipinski definition) is 8. The topological polar surface area (TPSA) is 106 Å². The number of pyridine rings is 1. The third kappa shape index (κ3) is 3.59. The van der Waals surface area contributed by atoms with Crippen molar-refractivity contribution in [3.63, 3.8) is 0 Å². The Labute approximate surface area is 159 Å². The first kappa shape index (κ1) is 17.8. The van der Waals surface area contributed by atoms with Gasteiger partial charge in [-0.1, -0.05) is 5.16 Å². The van der Waals surface area contributed by atoms with E-state index in [9.17, 15) is 9.59 Å². The molecule has 0 saturated carbocycles. The number of hydrogen-bond donors (Lipinski definition) is 0. The zero-order valence-electron chi connectivity index (χ0n) is 15.2. The third-order valence-electron chi connectivity index (χ3n) is 3.95. The monoisotopic (exact) mass is 383 g/mol. The Morgan fingerprint density at radius 1 is 1.18 bits per heavy atom. The number of carbonyl (C=O) groups excluding carboxylic acids is 1. The predicted molar refractivity (Wildman–Crippen MR) is 96.8 cm³/mol. The average molecular weight is 383 g/mol. The van der Waals surface area contributed by atoms with Crippen LogP contribution >= 0.6 is 0 Å². The Kier molecular flexibility index (Phi) is 4.56. The molecular formula is C19H17N3O6. The summed E-state index contributed by atoms with van der Waals surface area (Å²) in [5.74, 6) is 1.36. The molecule has 0 radical (unpaired) electrons. The number of esters is 1. The molecule has 4 rings (SSSR count). The lowest BCUT2D eigenvalue weighted by atomic mass is 10.2. The van der Waals surface area contributed by atoms with Gasteiger partial charge in [0.25, 0.3) is 11.4 Å². The van der Waals surface area contributed by atoms with Crippen LogP contribution in [-0.4, -0.2) is 33.6 Å². The van der Waals surface area contributed by atoms with Crippen molar-refractivity contribution in [1.82, 2.24) is 14.7 Å². The molecular weight excluding hydrogens is 366 g/mol. The number of nitrogens with zero attached hydrogens (tertiary/aromatic N) is 3. The van der Waals surface area contributed by atoms with Gasteiger partial charge in [0.2, 0.25) is 12.6 Å². The number of carbonyl (C=O) groups is 1. The first-order chi connectivity index (χ1) is 13.5. The van der Waals surface area contributed by atoms with Crippen LogP contribution in [0, 0.1) is 0 Å². The predicted octanol–water partition coefficient (Wildman–Crippen LogP) is 2.25. The summed E-state index contributed by atoms with van der Waals surface area (Å²) in [6.45, 7) is 3.46. The molecule has 2 aromatic heterocycles. The van der Waals surface area contributed by atoms with Gasteiger partial charge >= 0.3 is 5.97 Å². The van der Waals surface area contributed by atoms with Crippen LogP contribution in [0.5, 0.6) is 11.5 Å². The molecule has 0 aliphatic carbocycles. The molecule has 3 heterocycles. The number of rotatable bonds is 5. The second-order valence-electron chi connectivity index (χ2n) is 6.41. The van der Waals surface area contributed by atoms with Gasteiger partial charge in [0.1, 0.15) is 6.54 Å². The van der Waals surface area contributed by atoms with Crippen molar-refractivity contribution >= 4 is 5.97 Å². The highest BCUT2D eigenvalue weighted by Gasteiger charge is 2.18. The first-order valence-electron chi connectivity index (χ1n) is 8.63. The zero-order valence-corrected chi connectivity index (χ0v) is 15.2. The van der Waals surface area contributed by atoms with Crippen LogP contribution in [0.3, 0.4) is 0 Å². The molecule has 0 fully saturated rings. The largest absolute Gasteiger partial charge is 0.462 e. The van der Waals surface area contributed by atoms with E-state index in [1.54, 1.807) is 38.1 Å². The molecule has 144 valence electrons. The highest BCUT2D eigenvalue weighted by atomic mass is 16.7. The molecule has 9 heteroatoms. The normalized spacial score (nSPS) is 12.4. The maximum absolute atomic E-state index is 12.0. The van der Waals surface area contributed by atoms with E-state index in [2.05, 4.69) is 10.1 Å². The van der Waals surface area contributed by atoms with E-state index in [0.717, 1.165) is 0 Å². The lowest BCUT2D eigenvalue weighted by Gasteiger charge is -2.09. The van der Waals surface area contributed by atoms with Crippen molar-refractivity contribution in [2.45, 2.75) is 26.5 Å². The molecule has 3 aromatic rings. The van der Waals surface area contributed by atoms with Gasteiger partial charge in [-0.25, -0.2) is 0 Å². The van der Waals surface area contributed by atoms with Gasteiger partial charge in [0.05, 0.1) is 11.7 Å². The molecule has 0 spiro atoms. The molecule has 9 nitrogen and oxygen atoms in total. The maximum atomic E-state index is 12.0. The van der Waals surface area contributed by atoms with E-state index in [4.69, 9.17) is 18.7 Å². The second kappa shape index (κ2) is 7.18. The van der Waals surface area contributed by atoms with E-state index in [0.29, 0.717) is 28.5 Å². The van der Waals surface area contributed by atoms with Crippen molar-refractivity contribution in [3.05, 3.63) is 46.9 Å². The number of fused-ring (bicyclic) bond motifs is 1. The van der Waals surface area contributed by atoms with E-state index < -0.39 is 5.97 Å². The molecule has 1 aliphatic rings. The van der Waals surface area contributed by atoms with Gasteiger partial charge in [-0.3, -0.25) is 9.59 Å². The molecule has 0 bridgehead atoms. The number of ether oxygens (including phenoxy) is 3. The van der Waals surface area contributed by atoms with Gasteiger partial charge in [0, 0.05) is 17.8 Å². The van der Waals surface area contributed by atoms with Crippen molar-refractivity contribution in [3.8, 4) is 34.3 Å². The van der Waals surface area contributed by atoms with Crippen LogP contribution in [0.15, 0.2) is 45.8 Å². The zero-order chi connectivity index (χ0) is 19.7. The minimum atomic E-state index is -0.499. The van der Waals surface area contributed by atoms with Crippen LogP contribution < -0.4 is 15.0 Å². The van der Waals surface area contributed by atoms with E-state index in [1.807, 2.05) is 0 Å². The van der Waals surface area contributed by atoms with E-state index in [1.165, 1.54) is 16.8 Å². The fourth-order valence-corrected chi connectivity index (χ4v) is 2.71. The molecule has 28 heavy (non-hydrogen) atoms. The number of benzene rings is 1. The fourth-order valence-electron chi connectivity index (χ4n) is 2.71. The van der Waals surface area contributed by atoms with Gasteiger partial charge in [-0.15, -0.1) is 0 Å². The Morgan fingerprint density at radius 2 is 1.96 bits per heavy atom. The van der Waals surface area contributed by atoms with Gasteiger partial charge in [0.15, 0.2) is 11.5 Å². The fraction of sp³-hybridized carbons (Fsp3) is 0.263. The Balaban J connectivity index is 1.59. The third-order valence-corrected chi connectivity index (χ3v) is 3.95. The minimum absolute atomic E-state index is 0.178. The van der Waals surface area contributed by atoms with Crippen molar-refractivity contribution in [2.75, 3.05) is 6.79 Å². The summed E-state index contributed by atoms with van der Waals surface area (Å²) in [5, 5.41) is 3.98. The highest BCUT2D eigenvalue weighted by Crippen LogP contribution is 2.35. The van der Waals surface area contributed by atoms with Gasteiger partial charge < -0.3 is 23.3 Å². The van der Waals surface area contributed by atoms with Gasteiger partial charge in [-0.2, -0.15) is 4.98 Å². The molecule has 0 N–H and O–H groups in total. The molecule has 0 saturated heterocycles. The molecule has 1 aromatic carbocycles. The Morgan fingerprint density at radius 3 is 2.79 bits per heavy atom. The van der Waals surface area contributed by atoms with Crippen LogP contribution in [0.25, 0.3) is 22.8 Å². The number of aromatic nitrogens is 3. The first-order valence-corrected chi connectivity index (χ1v) is 8.63. The van der Waals surface area contributed by atoms with Crippen molar-refractivity contribution in [2.24, 2.45) is 0 Å². The van der Waals surface area contributed by atoms with Gasteiger partial charge in [-0.05, 0) is 38.1 Å². The quantitative estimate of drug-likeness (QED) is 0.618. The SMILES string of the molecule is CC(C)OC(=O)Cn1cc(-c2nc(-c3ccc4c(c3)OCO4)no2)ccc1=O.